The fourth-order valence-electron chi connectivity index (χ4n) is 9.69. The summed E-state index contributed by atoms with van der Waals surface area (Å²) in [4.78, 5) is 12.5. The summed E-state index contributed by atoms with van der Waals surface area (Å²) in [5, 5.41) is 0. The Kier molecular flexibility index (Phi) is 8.05. The summed E-state index contributed by atoms with van der Waals surface area (Å²) in [6, 6.07) is 7.59. The molecule has 5 rings (SSSR count). The second kappa shape index (κ2) is 11.0. The summed E-state index contributed by atoms with van der Waals surface area (Å²) < 4.78 is 11.3. The lowest BCUT2D eigenvalue weighted by Crippen LogP contribution is -2.51. The minimum atomic E-state index is -0.563. The number of allylic oxidation sites excluding steroid dienone is 1. The number of fused-ring (bicyclic) bond motifs is 5. The Bertz CT molecular complexity index is 1030. The standard InChI is InChI=1S/C35H52O3/c1-23(2)9-7-11-25(4)30-15-16-31-29-14-13-26-22-28(38-33(36)37-27-12-8-10-24(3)21-27)17-19-34(26,5)32(29)18-20-35(30,31)6/h8,10,12-13,21,23,25,28-32H,7,9,11,14-20,22H2,1-6H3/t25-,28+,29-,30+,31-,32-,34+,35+/m1/s1. The average Bonchev–Trinajstić information content (AvgIpc) is 3.21. The van der Waals surface area contributed by atoms with E-state index in [-0.39, 0.29) is 11.5 Å². The van der Waals surface area contributed by atoms with Crippen LogP contribution in [0.4, 0.5) is 4.79 Å². The second-order valence-corrected chi connectivity index (χ2v) is 14.4. The van der Waals surface area contributed by atoms with E-state index in [1.54, 1.807) is 5.57 Å². The van der Waals surface area contributed by atoms with Crippen LogP contribution < -0.4 is 4.74 Å². The molecule has 1 aromatic rings. The van der Waals surface area contributed by atoms with E-state index >= 15 is 0 Å². The van der Waals surface area contributed by atoms with Gasteiger partial charge in [-0.1, -0.05) is 77.7 Å². The maximum atomic E-state index is 12.5. The molecule has 0 aliphatic heterocycles. The lowest BCUT2D eigenvalue weighted by Gasteiger charge is -2.58. The van der Waals surface area contributed by atoms with Crippen LogP contribution in [-0.4, -0.2) is 12.3 Å². The first-order chi connectivity index (χ1) is 18.1. The van der Waals surface area contributed by atoms with E-state index < -0.39 is 6.16 Å². The molecule has 0 N–H and O–H groups in total. The van der Waals surface area contributed by atoms with E-state index in [0.717, 1.165) is 60.3 Å². The molecule has 8 atom stereocenters. The first-order valence-corrected chi connectivity index (χ1v) is 15.7. The van der Waals surface area contributed by atoms with E-state index in [1.807, 2.05) is 31.2 Å². The lowest BCUT2D eigenvalue weighted by atomic mass is 9.47. The van der Waals surface area contributed by atoms with Gasteiger partial charge in [0.15, 0.2) is 0 Å². The van der Waals surface area contributed by atoms with Gasteiger partial charge in [0, 0.05) is 6.42 Å². The molecule has 0 amide bonds. The molecule has 210 valence electrons. The first-order valence-electron chi connectivity index (χ1n) is 15.7. The number of hydrogen-bond donors (Lipinski definition) is 0. The van der Waals surface area contributed by atoms with Crippen molar-refractivity contribution in [3.63, 3.8) is 0 Å². The van der Waals surface area contributed by atoms with Crippen molar-refractivity contribution in [3.05, 3.63) is 41.5 Å². The van der Waals surface area contributed by atoms with Crippen LogP contribution in [0.25, 0.3) is 0 Å². The molecule has 3 nitrogen and oxygen atoms in total. The molecule has 0 aromatic heterocycles. The molecule has 0 spiro atoms. The molecule has 1 aromatic carbocycles. The monoisotopic (exact) mass is 520 g/mol. The summed E-state index contributed by atoms with van der Waals surface area (Å²) in [5.74, 6) is 5.65. The highest BCUT2D eigenvalue weighted by Gasteiger charge is 2.59. The van der Waals surface area contributed by atoms with E-state index in [2.05, 4.69) is 40.7 Å². The van der Waals surface area contributed by atoms with E-state index in [0.29, 0.717) is 11.2 Å². The summed E-state index contributed by atoms with van der Waals surface area (Å²) >= 11 is 0. The minimum absolute atomic E-state index is 0.0698. The first kappa shape index (κ1) is 27.8. The maximum Gasteiger partial charge on any atom is 0.514 e. The van der Waals surface area contributed by atoms with Crippen molar-refractivity contribution in [1.29, 1.82) is 0 Å². The van der Waals surface area contributed by atoms with Gasteiger partial charge in [-0.05, 0) is 116 Å². The van der Waals surface area contributed by atoms with E-state index in [9.17, 15) is 4.79 Å². The summed E-state index contributed by atoms with van der Waals surface area (Å²) in [5.41, 5.74) is 3.42. The van der Waals surface area contributed by atoms with Gasteiger partial charge in [-0.3, -0.25) is 0 Å². The van der Waals surface area contributed by atoms with Gasteiger partial charge in [0.05, 0.1) is 0 Å². The van der Waals surface area contributed by atoms with Gasteiger partial charge in [0.2, 0.25) is 0 Å². The molecule has 0 saturated heterocycles. The Balaban J connectivity index is 1.22. The molecule has 0 bridgehead atoms. The number of ether oxygens (including phenoxy) is 2. The highest BCUT2D eigenvalue weighted by Crippen LogP contribution is 2.67. The summed E-state index contributed by atoms with van der Waals surface area (Å²) in [7, 11) is 0. The fraction of sp³-hybridized carbons (Fsp3) is 0.743. The topological polar surface area (TPSA) is 35.5 Å². The van der Waals surface area contributed by atoms with Gasteiger partial charge < -0.3 is 9.47 Å². The normalized spacial score (nSPS) is 37.0. The summed E-state index contributed by atoms with van der Waals surface area (Å²) in [6.07, 6.45) is 16.0. The third-order valence-electron chi connectivity index (χ3n) is 11.7. The molecule has 0 unspecified atom stereocenters. The highest BCUT2D eigenvalue weighted by atomic mass is 16.7. The van der Waals surface area contributed by atoms with Crippen molar-refractivity contribution in [2.75, 3.05) is 0 Å². The van der Waals surface area contributed by atoms with Crippen LogP contribution in [0, 0.1) is 53.3 Å². The van der Waals surface area contributed by atoms with Crippen LogP contribution in [0.2, 0.25) is 0 Å². The number of benzene rings is 1. The van der Waals surface area contributed by atoms with Crippen LogP contribution in [0.1, 0.15) is 111 Å². The van der Waals surface area contributed by atoms with Crippen LogP contribution in [0.3, 0.4) is 0 Å². The van der Waals surface area contributed by atoms with Crippen LogP contribution in [0.5, 0.6) is 5.75 Å². The largest absolute Gasteiger partial charge is 0.514 e. The number of aryl methyl sites for hydroxylation is 1. The molecule has 3 heteroatoms. The van der Waals surface area contributed by atoms with Gasteiger partial charge in [0.25, 0.3) is 0 Å². The zero-order valence-corrected chi connectivity index (χ0v) is 24.9. The minimum Gasteiger partial charge on any atom is -0.430 e. The molecule has 3 fully saturated rings. The predicted molar refractivity (Wildman–Crippen MR) is 155 cm³/mol. The number of hydrogen-bond acceptors (Lipinski definition) is 3. The molecule has 4 aliphatic carbocycles. The van der Waals surface area contributed by atoms with Crippen molar-refractivity contribution in [2.24, 2.45) is 46.3 Å². The quantitative estimate of drug-likeness (QED) is 0.204. The smallest absolute Gasteiger partial charge is 0.430 e. The number of carbonyl (C=O) groups is 1. The van der Waals surface area contributed by atoms with Gasteiger partial charge in [-0.25, -0.2) is 4.79 Å². The van der Waals surface area contributed by atoms with Crippen LogP contribution in [-0.2, 0) is 4.74 Å². The third kappa shape index (κ3) is 5.33. The molecule has 3 saturated carbocycles. The molecular formula is C35H52O3. The Hall–Kier alpha value is -1.77. The fourth-order valence-corrected chi connectivity index (χ4v) is 9.69. The second-order valence-electron chi connectivity index (χ2n) is 14.4. The predicted octanol–water partition coefficient (Wildman–Crippen LogP) is 9.92. The molecular weight excluding hydrogens is 468 g/mol. The van der Waals surface area contributed by atoms with Crippen LogP contribution in [0.15, 0.2) is 35.9 Å². The van der Waals surface area contributed by atoms with E-state index in [1.165, 1.54) is 51.4 Å². The van der Waals surface area contributed by atoms with Crippen molar-refractivity contribution < 1.29 is 14.3 Å². The SMILES string of the molecule is Cc1cccc(OC(=O)O[C@H]2CC[C@@]3(C)C(=CC[C@@H]4[C@H]5CC[C@@H]([C@H](C)CCCC(C)C)[C@]5(C)CC[C@H]43)C2)c1. The summed E-state index contributed by atoms with van der Waals surface area (Å²) in [6.45, 7) is 14.5. The highest BCUT2D eigenvalue weighted by molar-refractivity contribution is 5.64. The molecule has 0 radical (unpaired) electrons. The van der Waals surface area contributed by atoms with Crippen molar-refractivity contribution >= 4 is 6.16 Å². The molecule has 4 aliphatic rings. The van der Waals surface area contributed by atoms with Crippen molar-refractivity contribution in [1.82, 2.24) is 0 Å². The Morgan fingerprint density at radius 2 is 1.84 bits per heavy atom. The average molecular weight is 521 g/mol. The van der Waals surface area contributed by atoms with Crippen molar-refractivity contribution in [2.45, 2.75) is 118 Å². The van der Waals surface area contributed by atoms with E-state index in [4.69, 9.17) is 9.47 Å². The lowest BCUT2D eigenvalue weighted by molar-refractivity contribution is -0.0597. The van der Waals surface area contributed by atoms with Gasteiger partial charge in [-0.15, -0.1) is 0 Å². The Morgan fingerprint density at radius 1 is 1.03 bits per heavy atom. The van der Waals surface area contributed by atoms with Gasteiger partial charge in [-0.2, -0.15) is 0 Å². The Labute approximate surface area is 232 Å². The van der Waals surface area contributed by atoms with Gasteiger partial charge in [0.1, 0.15) is 11.9 Å². The number of rotatable bonds is 7. The third-order valence-corrected chi connectivity index (χ3v) is 11.7. The van der Waals surface area contributed by atoms with Crippen molar-refractivity contribution in [3.8, 4) is 5.75 Å². The maximum absolute atomic E-state index is 12.5. The number of carbonyl (C=O) groups excluding carboxylic acids is 1. The van der Waals surface area contributed by atoms with Crippen LogP contribution >= 0.6 is 0 Å². The molecule has 38 heavy (non-hydrogen) atoms. The molecule has 0 heterocycles. The van der Waals surface area contributed by atoms with Gasteiger partial charge >= 0.3 is 6.16 Å². The Morgan fingerprint density at radius 3 is 2.61 bits per heavy atom. The zero-order chi connectivity index (χ0) is 27.1. The zero-order valence-electron chi connectivity index (χ0n) is 24.9.